The first kappa shape index (κ1) is 17.5. The van der Waals surface area contributed by atoms with Crippen LogP contribution in [0.3, 0.4) is 0 Å². The Morgan fingerprint density at radius 1 is 1.38 bits per heavy atom. The van der Waals surface area contributed by atoms with Crippen LogP contribution < -0.4 is 10.5 Å². The lowest BCUT2D eigenvalue weighted by Gasteiger charge is -2.18. The molecule has 7 heteroatoms. The van der Waals surface area contributed by atoms with Gasteiger partial charge in [0, 0.05) is 11.7 Å². The van der Waals surface area contributed by atoms with Crippen molar-refractivity contribution in [2.75, 3.05) is 5.73 Å². The zero-order chi connectivity index (χ0) is 16.2. The van der Waals surface area contributed by atoms with E-state index in [9.17, 15) is 13.2 Å². The fraction of sp³-hybridized carbons (Fsp3) is 0.500. The number of carboxylic acids is 1. The van der Waals surface area contributed by atoms with Crippen molar-refractivity contribution in [3.63, 3.8) is 0 Å². The summed E-state index contributed by atoms with van der Waals surface area (Å²) >= 11 is 0. The molecule has 0 bridgehead atoms. The smallest absolute Gasteiger partial charge is 0.337 e. The molecular formula is C14H22N2O4S. The van der Waals surface area contributed by atoms with E-state index in [1.807, 2.05) is 13.8 Å². The highest BCUT2D eigenvalue weighted by Gasteiger charge is 2.24. The van der Waals surface area contributed by atoms with Gasteiger partial charge >= 0.3 is 5.97 Å². The van der Waals surface area contributed by atoms with Crippen LogP contribution in [0.2, 0.25) is 0 Å². The second-order valence-corrected chi connectivity index (χ2v) is 7.01. The number of nitrogens with two attached hydrogens (primary N) is 1. The molecule has 0 aromatic heterocycles. The molecule has 0 fully saturated rings. The number of nitrogens with one attached hydrogen (secondary N) is 1. The average Bonchev–Trinajstić information content (AvgIpc) is 2.37. The van der Waals surface area contributed by atoms with Crippen LogP contribution in [-0.4, -0.2) is 25.5 Å². The molecule has 1 aromatic carbocycles. The van der Waals surface area contributed by atoms with Crippen LogP contribution >= 0.6 is 0 Å². The highest BCUT2D eigenvalue weighted by molar-refractivity contribution is 7.89. The molecule has 1 aromatic rings. The van der Waals surface area contributed by atoms with Gasteiger partial charge < -0.3 is 10.8 Å². The lowest BCUT2D eigenvalue weighted by molar-refractivity contribution is 0.0692. The van der Waals surface area contributed by atoms with E-state index in [1.54, 1.807) is 6.92 Å². The predicted octanol–water partition coefficient (Wildman–Crippen LogP) is 2.07. The predicted molar refractivity (Wildman–Crippen MR) is 81.7 cm³/mol. The van der Waals surface area contributed by atoms with Gasteiger partial charge in [0.25, 0.3) is 0 Å². The zero-order valence-electron chi connectivity index (χ0n) is 12.5. The van der Waals surface area contributed by atoms with Crippen molar-refractivity contribution in [2.24, 2.45) is 5.92 Å². The summed E-state index contributed by atoms with van der Waals surface area (Å²) in [5, 5.41) is 9.12. The van der Waals surface area contributed by atoms with Crippen molar-refractivity contribution in [1.82, 2.24) is 4.72 Å². The highest BCUT2D eigenvalue weighted by atomic mass is 32.2. The van der Waals surface area contributed by atoms with Crippen molar-refractivity contribution in [1.29, 1.82) is 0 Å². The van der Waals surface area contributed by atoms with Gasteiger partial charge in [-0.3, -0.25) is 0 Å². The number of aromatic carboxylic acids is 1. The molecule has 2 unspecified atom stereocenters. The van der Waals surface area contributed by atoms with Crippen LogP contribution in [0.4, 0.5) is 5.69 Å². The molecule has 0 saturated carbocycles. The van der Waals surface area contributed by atoms with E-state index in [-0.39, 0.29) is 22.2 Å². The number of sulfonamides is 1. The largest absolute Gasteiger partial charge is 0.478 e. The Balaban J connectivity index is 3.06. The van der Waals surface area contributed by atoms with E-state index < -0.39 is 16.0 Å². The van der Waals surface area contributed by atoms with Gasteiger partial charge in [0.05, 0.1) is 10.5 Å². The first-order valence-electron chi connectivity index (χ1n) is 6.82. The van der Waals surface area contributed by atoms with Crippen LogP contribution in [0.25, 0.3) is 0 Å². The Labute approximate surface area is 125 Å². The summed E-state index contributed by atoms with van der Waals surface area (Å²) in [5.74, 6) is -0.940. The van der Waals surface area contributed by atoms with E-state index in [0.717, 1.165) is 12.5 Å². The summed E-state index contributed by atoms with van der Waals surface area (Å²) in [7, 11) is -3.89. The second kappa shape index (κ2) is 6.91. The van der Waals surface area contributed by atoms with E-state index in [4.69, 9.17) is 10.8 Å². The van der Waals surface area contributed by atoms with Crippen molar-refractivity contribution >= 4 is 21.7 Å². The number of carbonyl (C=O) groups is 1. The summed E-state index contributed by atoms with van der Waals surface area (Å²) < 4.78 is 27.2. The normalized spacial score (nSPS) is 14.6. The zero-order valence-corrected chi connectivity index (χ0v) is 13.3. The van der Waals surface area contributed by atoms with Crippen LogP contribution in [0.5, 0.6) is 0 Å². The van der Waals surface area contributed by atoms with Crippen molar-refractivity contribution in [3.8, 4) is 0 Å². The average molecular weight is 314 g/mol. The highest BCUT2D eigenvalue weighted by Crippen LogP contribution is 2.20. The Morgan fingerprint density at radius 3 is 2.52 bits per heavy atom. The Hall–Kier alpha value is -1.60. The lowest BCUT2D eigenvalue weighted by Crippen LogP contribution is -2.34. The molecule has 0 spiro atoms. The molecular weight excluding hydrogens is 292 g/mol. The number of benzene rings is 1. The molecule has 0 amide bonds. The molecule has 0 heterocycles. The van der Waals surface area contributed by atoms with Gasteiger partial charge in [-0.2, -0.15) is 0 Å². The SMILES string of the molecule is CCC(C)CC(C)NS(=O)(=O)c1ccc(N)cc1C(=O)O. The third kappa shape index (κ3) is 4.71. The maximum atomic E-state index is 12.3. The number of nitrogen functional groups attached to an aromatic ring is 1. The van der Waals surface area contributed by atoms with Gasteiger partial charge in [-0.05, 0) is 37.5 Å². The standard InChI is InChI=1S/C14H22N2O4S/c1-4-9(2)7-10(3)16-21(19,20)13-6-5-11(15)8-12(13)14(17)18/h5-6,8-10,16H,4,7,15H2,1-3H3,(H,17,18). The molecule has 0 aliphatic carbocycles. The summed E-state index contributed by atoms with van der Waals surface area (Å²) in [5.41, 5.74) is 5.40. The molecule has 4 N–H and O–H groups in total. The van der Waals surface area contributed by atoms with Crippen molar-refractivity contribution in [3.05, 3.63) is 23.8 Å². The minimum atomic E-state index is -3.89. The Morgan fingerprint density at radius 2 is 2.00 bits per heavy atom. The third-order valence-corrected chi connectivity index (χ3v) is 4.98. The van der Waals surface area contributed by atoms with Crippen LogP contribution in [-0.2, 0) is 10.0 Å². The summed E-state index contributed by atoms with van der Waals surface area (Å²) in [6, 6.07) is 3.47. The van der Waals surface area contributed by atoms with E-state index in [2.05, 4.69) is 4.72 Å². The number of anilines is 1. The van der Waals surface area contributed by atoms with Crippen LogP contribution in [0.15, 0.2) is 23.1 Å². The van der Waals surface area contributed by atoms with E-state index >= 15 is 0 Å². The number of hydrogen-bond donors (Lipinski definition) is 3. The van der Waals surface area contributed by atoms with E-state index in [0.29, 0.717) is 12.3 Å². The first-order chi connectivity index (χ1) is 9.67. The van der Waals surface area contributed by atoms with Gasteiger partial charge in [0.1, 0.15) is 0 Å². The van der Waals surface area contributed by atoms with Gasteiger partial charge in [-0.15, -0.1) is 0 Å². The molecule has 0 radical (unpaired) electrons. The molecule has 21 heavy (non-hydrogen) atoms. The van der Waals surface area contributed by atoms with Crippen molar-refractivity contribution in [2.45, 2.75) is 44.6 Å². The Bertz CT molecular complexity index is 613. The first-order valence-corrected chi connectivity index (χ1v) is 8.30. The van der Waals surface area contributed by atoms with E-state index in [1.165, 1.54) is 12.1 Å². The van der Waals surface area contributed by atoms with Crippen molar-refractivity contribution < 1.29 is 18.3 Å². The van der Waals surface area contributed by atoms with Gasteiger partial charge in [0.2, 0.25) is 10.0 Å². The molecule has 1 rings (SSSR count). The summed E-state index contributed by atoms with van der Waals surface area (Å²) in [6.07, 6.45) is 1.64. The Kier molecular flexibility index (Phi) is 5.74. The molecule has 2 atom stereocenters. The fourth-order valence-corrected chi connectivity index (χ4v) is 3.53. The van der Waals surface area contributed by atoms with Gasteiger partial charge in [-0.1, -0.05) is 20.3 Å². The molecule has 118 valence electrons. The maximum Gasteiger partial charge on any atom is 0.337 e. The number of carboxylic acid groups (broad SMARTS) is 1. The lowest BCUT2D eigenvalue weighted by atomic mass is 10.0. The molecule has 6 nitrogen and oxygen atoms in total. The quantitative estimate of drug-likeness (QED) is 0.667. The monoisotopic (exact) mass is 314 g/mol. The van der Waals surface area contributed by atoms with Gasteiger partial charge in [0.15, 0.2) is 0 Å². The topological polar surface area (TPSA) is 109 Å². The maximum absolute atomic E-state index is 12.3. The second-order valence-electron chi connectivity index (χ2n) is 5.33. The van der Waals surface area contributed by atoms with Crippen LogP contribution in [0.1, 0.15) is 44.0 Å². The molecule has 0 aliphatic heterocycles. The number of rotatable bonds is 7. The minimum Gasteiger partial charge on any atom is -0.478 e. The number of hydrogen-bond acceptors (Lipinski definition) is 4. The molecule has 0 aliphatic rings. The minimum absolute atomic E-state index is 0.207. The van der Waals surface area contributed by atoms with Gasteiger partial charge in [-0.25, -0.2) is 17.9 Å². The molecule has 0 saturated heterocycles. The summed E-state index contributed by atoms with van der Waals surface area (Å²) in [4.78, 5) is 10.9. The fourth-order valence-electron chi connectivity index (χ4n) is 2.10. The summed E-state index contributed by atoms with van der Waals surface area (Å²) in [6.45, 7) is 5.84. The third-order valence-electron chi connectivity index (χ3n) is 3.33. The van der Waals surface area contributed by atoms with Crippen LogP contribution in [0, 0.1) is 5.92 Å².